The third kappa shape index (κ3) is 3.82. The second-order valence-electron chi connectivity index (χ2n) is 6.02. The Hall–Kier alpha value is -2.42. The number of hydrogen-bond donors (Lipinski definition) is 0. The highest BCUT2D eigenvalue weighted by atomic mass is 19.1. The van der Waals surface area contributed by atoms with Crippen LogP contribution < -0.4 is 0 Å². The summed E-state index contributed by atoms with van der Waals surface area (Å²) in [5.74, 6) is -0.699. The standard InChI is InChI=1S/C19H19FO2/c1-5-13-6-11-17(20)16(12-13)14-7-9-15(10-8-14)18(21)22-19(2,3)4/h5-12H,1H2,2-4H3. The first kappa shape index (κ1) is 16.0. The molecule has 0 spiro atoms. The quantitative estimate of drug-likeness (QED) is 0.738. The van der Waals surface area contributed by atoms with E-state index in [-0.39, 0.29) is 11.8 Å². The van der Waals surface area contributed by atoms with E-state index in [0.29, 0.717) is 16.7 Å². The van der Waals surface area contributed by atoms with Crippen molar-refractivity contribution in [3.05, 3.63) is 66.0 Å². The molecule has 0 radical (unpaired) electrons. The molecule has 0 N–H and O–H groups in total. The number of halogens is 1. The van der Waals surface area contributed by atoms with Gasteiger partial charge in [-0.3, -0.25) is 0 Å². The zero-order chi connectivity index (χ0) is 16.3. The van der Waals surface area contributed by atoms with E-state index in [9.17, 15) is 9.18 Å². The lowest BCUT2D eigenvalue weighted by Gasteiger charge is -2.19. The number of benzene rings is 2. The molecule has 2 rings (SSSR count). The lowest BCUT2D eigenvalue weighted by Crippen LogP contribution is -2.23. The normalized spacial score (nSPS) is 11.1. The first-order valence-electron chi connectivity index (χ1n) is 7.06. The highest BCUT2D eigenvalue weighted by Gasteiger charge is 2.17. The van der Waals surface area contributed by atoms with Gasteiger partial charge < -0.3 is 4.74 Å². The third-order valence-corrected chi connectivity index (χ3v) is 3.06. The molecule has 0 atom stereocenters. The summed E-state index contributed by atoms with van der Waals surface area (Å²) in [6, 6.07) is 11.5. The molecule has 3 heteroatoms. The molecule has 0 bridgehead atoms. The highest BCUT2D eigenvalue weighted by molar-refractivity contribution is 5.90. The van der Waals surface area contributed by atoms with Gasteiger partial charge >= 0.3 is 5.97 Å². The molecule has 0 aliphatic carbocycles. The molecule has 0 saturated carbocycles. The fourth-order valence-corrected chi connectivity index (χ4v) is 2.01. The molecule has 2 nitrogen and oxygen atoms in total. The van der Waals surface area contributed by atoms with Crippen molar-refractivity contribution in [3.8, 4) is 11.1 Å². The van der Waals surface area contributed by atoms with Crippen LogP contribution in [0, 0.1) is 5.82 Å². The number of esters is 1. The van der Waals surface area contributed by atoms with E-state index in [0.717, 1.165) is 5.56 Å². The first-order valence-corrected chi connectivity index (χ1v) is 7.06. The zero-order valence-corrected chi connectivity index (χ0v) is 13.0. The van der Waals surface area contributed by atoms with Crippen LogP contribution >= 0.6 is 0 Å². The van der Waals surface area contributed by atoms with Crippen molar-refractivity contribution in [3.63, 3.8) is 0 Å². The van der Waals surface area contributed by atoms with Crippen LogP contribution in [0.4, 0.5) is 4.39 Å². The molecule has 0 aliphatic heterocycles. The van der Waals surface area contributed by atoms with Gasteiger partial charge in [0.05, 0.1) is 5.56 Å². The van der Waals surface area contributed by atoms with Gasteiger partial charge in [-0.2, -0.15) is 0 Å². The summed E-state index contributed by atoms with van der Waals surface area (Å²) in [6.45, 7) is 9.13. The van der Waals surface area contributed by atoms with E-state index < -0.39 is 5.60 Å². The molecule has 0 heterocycles. The SMILES string of the molecule is C=Cc1ccc(F)c(-c2ccc(C(=O)OC(C)(C)C)cc2)c1. The number of carbonyl (C=O) groups excluding carboxylic acids is 1. The lowest BCUT2D eigenvalue weighted by atomic mass is 10.0. The van der Waals surface area contributed by atoms with Crippen LogP contribution in [0.25, 0.3) is 17.2 Å². The Bertz CT molecular complexity index is 694. The topological polar surface area (TPSA) is 26.3 Å². The summed E-state index contributed by atoms with van der Waals surface area (Å²) in [7, 11) is 0. The minimum Gasteiger partial charge on any atom is -0.456 e. The lowest BCUT2D eigenvalue weighted by molar-refractivity contribution is 0.00696. The van der Waals surface area contributed by atoms with Crippen LogP contribution in [0.3, 0.4) is 0 Å². The summed E-state index contributed by atoms with van der Waals surface area (Å²) in [4.78, 5) is 12.0. The Morgan fingerprint density at radius 1 is 1.14 bits per heavy atom. The summed E-state index contributed by atoms with van der Waals surface area (Å²) in [5.41, 5.74) is 1.92. The molecule has 0 fully saturated rings. The van der Waals surface area contributed by atoms with Crippen molar-refractivity contribution in [1.82, 2.24) is 0 Å². The van der Waals surface area contributed by atoms with Crippen molar-refractivity contribution in [2.75, 3.05) is 0 Å². The molecule has 0 aromatic heterocycles. The van der Waals surface area contributed by atoms with Gasteiger partial charge in [-0.05, 0) is 56.2 Å². The first-order chi connectivity index (χ1) is 10.3. The zero-order valence-electron chi connectivity index (χ0n) is 13.0. The van der Waals surface area contributed by atoms with Gasteiger partial charge in [-0.15, -0.1) is 0 Å². The number of hydrogen-bond acceptors (Lipinski definition) is 2. The molecule has 0 unspecified atom stereocenters. The number of ether oxygens (including phenoxy) is 1. The average molecular weight is 298 g/mol. The molecule has 0 aliphatic rings. The minimum atomic E-state index is -0.542. The average Bonchev–Trinajstić information content (AvgIpc) is 2.46. The molecule has 22 heavy (non-hydrogen) atoms. The van der Waals surface area contributed by atoms with Crippen LogP contribution in [0.15, 0.2) is 49.0 Å². The third-order valence-electron chi connectivity index (χ3n) is 3.06. The number of carbonyl (C=O) groups is 1. The van der Waals surface area contributed by atoms with Crippen molar-refractivity contribution in [2.24, 2.45) is 0 Å². The number of rotatable bonds is 3. The van der Waals surface area contributed by atoms with E-state index in [1.807, 2.05) is 20.8 Å². The summed E-state index contributed by atoms with van der Waals surface area (Å²) in [6.07, 6.45) is 1.66. The van der Waals surface area contributed by atoms with Crippen molar-refractivity contribution >= 4 is 12.0 Å². The maximum Gasteiger partial charge on any atom is 0.338 e. The predicted octanol–water partition coefficient (Wildman–Crippen LogP) is 5.09. The van der Waals surface area contributed by atoms with Crippen LogP contribution in [0.2, 0.25) is 0 Å². The van der Waals surface area contributed by atoms with E-state index >= 15 is 0 Å². The minimum absolute atomic E-state index is 0.310. The Morgan fingerprint density at radius 2 is 1.77 bits per heavy atom. The Kier molecular flexibility index (Phi) is 4.45. The second-order valence-corrected chi connectivity index (χ2v) is 6.02. The van der Waals surface area contributed by atoms with Gasteiger partial charge in [0.2, 0.25) is 0 Å². The highest BCUT2D eigenvalue weighted by Crippen LogP contribution is 2.25. The van der Waals surface area contributed by atoms with Gasteiger partial charge in [-0.1, -0.05) is 30.9 Å². The largest absolute Gasteiger partial charge is 0.456 e. The maximum absolute atomic E-state index is 13.9. The fraction of sp³-hybridized carbons (Fsp3) is 0.211. The van der Waals surface area contributed by atoms with Crippen molar-refractivity contribution < 1.29 is 13.9 Å². The predicted molar refractivity (Wildman–Crippen MR) is 87.1 cm³/mol. The Balaban J connectivity index is 2.29. The maximum atomic E-state index is 13.9. The second kappa shape index (κ2) is 6.14. The van der Waals surface area contributed by atoms with E-state index in [1.165, 1.54) is 6.07 Å². The van der Waals surface area contributed by atoms with Gasteiger partial charge in [0, 0.05) is 5.56 Å². The molecule has 0 saturated heterocycles. The van der Waals surface area contributed by atoms with Crippen molar-refractivity contribution in [1.29, 1.82) is 0 Å². The smallest absolute Gasteiger partial charge is 0.338 e. The molecule has 114 valence electrons. The van der Waals surface area contributed by atoms with Crippen LogP contribution in [0.5, 0.6) is 0 Å². The van der Waals surface area contributed by atoms with E-state index in [2.05, 4.69) is 6.58 Å². The molecule has 0 amide bonds. The van der Waals surface area contributed by atoms with Crippen LogP contribution in [-0.2, 0) is 4.74 Å². The van der Waals surface area contributed by atoms with Gasteiger partial charge in [0.1, 0.15) is 11.4 Å². The van der Waals surface area contributed by atoms with E-state index in [4.69, 9.17) is 4.74 Å². The molecular weight excluding hydrogens is 279 g/mol. The summed E-state index contributed by atoms with van der Waals surface area (Å²) >= 11 is 0. The van der Waals surface area contributed by atoms with Gasteiger partial charge in [0.25, 0.3) is 0 Å². The Labute approximate surface area is 130 Å². The summed E-state index contributed by atoms with van der Waals surface area (Å²) < 4.78 is 19.3. The van der Waals surface area contributed by atoms with Gasteiger partial charge in [0.15, 0.2) is 0 Å². The monoisotopic (exact) mass is 298 g/mol. The molecule has 2 aromatic carbocycles. The fourth-order valence-electron chi connectivity index (χ4n) is 2.01. The molecular formula is C19H19FO2. The van der Waals surface area contributed by atoms with Crippen molar-refractivity contribution in [2.45, 2.75) is 26.4 Å². The van der Waals surface area contributed by atoms with Crippen LogP contribution in [0.1, 0.15) is 36.7 Å². The molecule has 2 aromatic rings. The van der Waals surface area contributed by atoms with E-state index in [1.54, 1.807) is 42.5 Å². The van der Waals surface area contributed by atoms with Crippen LogP contribution in [-0.4, -0.2) is 11.6 Å². The Morgan fingerprint density at radius 3 is 2.32 bits per heavy atom. The summed E-state index contributed by atoms with van der Waals surface area (Å²) in [5, 5.41) is 0. The van der Waals surface area contributed by atoms with Gasteiger partial charge in [-0.25, -0.2) is 9.18 Å².